The maximum absolute atomic E-state index is 11.8. The lowest BCUT2D eigenvalue weighted by molar-refractivity contribution is 0.252. The van der Waals surface area contributed by atoms with Crippen LogP contribution in [0.25, 0.3) is 0 Å². The summed E-state index contributed by atoms with van der Waals surface area (Å²) in [7, 11) is 0. The maximum atomic E-state index is 11.8. The zero-order valence-electron chi connectivity index (χ0n) is 11.9. The molecule has 0 aliphatic rings. The lowest BCUT2D eigenvalue weighted by Gasteiger charge is -2.09. The van der Waals surface area contributed by atoms with Gasteiger partial charge in [0.1, 0.15) is 0 Å². The average Bonchev–Trinajstić information content (AvgIpc) is 2.50. The Hall–Kier alpha value is -2.80. The molecule has 2 N–H and O–H groups in total. The fourth-order valence-corrected chi connectivity index (χ4v) is 2.00. The van der Waals surface area contributed by atoms with E-state index in [2.05, 4.69) is 29.7 Å². The Bertz CT molecular complexity index is 656. The third-order valence-corrected chi connectivity index (χ3v) is 3.21. The predicted octanol–water partition coefficient (Wildman–Crippen LogP) is 3.23. The second-order valence-corrected chi connectivity index (χ2v) is 4.75. The van der Waals surface area contributed by atoms with E-state index in [1.807, 2.05) is 18.2 Å². The first-order valence-corrected chi connectivity index (χ1v) is 6.78. The lowest BCUT2D eigenvalue weighted by atomic mass is 10.1. The normalized spacial score (nSPS) is 9.71. The minimum Gasteiger partial charge on any atom is -0.338 e. The molecule has 21 heavy (non-hydrogen) atoms. The van der Waals surface area contributed by atoms with Gasteiger partial charge in [-0.25, -0.2) is 4.79 Å². The molecule has 2 aromatic carbocycles. The Balaban J connectivity index is 1.80. The molecule has 0 aromatic heterocycles. The molecule has 0 aliphatic carbocycles. The summed E-state index contributed by atoms with van der Waals surface area (Å²) in [5.41, 5.74) is 3.70. The molecule has 0 bridgehead atoms. The summed E-state index contributed by atoms with van der Waals surface area (Å²) in [6.07, 6.45) is 0.799. The standard InChI is InChI=1S/C17H17N3O/c1-13-4-2-3-5-15(13)10-11-19-17(21)20-16-8-6-14(12-18)7-9-16/h2-9H,10-11H2,1H3,(H2,19,20,21). The SMILES string of the molecule is Cc1ccccc1CCNC(=O)Nc1ccc(C#N)cc1. The van der Waals surface area contributed by atoms with Gasteiger partial charge in [0.2, 0.25) is 0 Å². The van der Waals surface area contributed by atoms with Gasteiger partial charge in [-0.15, -0.1) is 0 Å². The van der Waals surface area contributed by atoms with E-state index in [9.17, 15) is 4.79 Å². The number of carbonyl (C=O) groups is 1. The molecule has 0 unspecified atom stereocenters. The van der Waals surface area contributed by atoms with Gasteiger partial charge in [-0.1, -0.05) is 24.3 Å². The van der Waals surface area contributed by atoms with Crippen LogP contribution in [0.3, 0.4) is 0 Å². The number of amides is 2. The minimum absolute atomic E-state index is 0.242. The van der Waals surface area contributed by atoms with E-state index in [0.29, 0.717) is 17.8 Å². The van der Waals surface area contributed by atoms with Crippen molar-refractivity contribution in [1.82, 2.24) is 5.32 Å². The molecule has 0 atom stereocenters. The number of nitrogens with zero attached hydrogens (tertiary/aromatic N) is 1. The monoisotopic (exact) mass is 279 g/mol. The van der Waals surface area contributed by atoms with Crippen LogP contribution in [0.2, 0.25) is 0 Å². The highest BCUT2D eigenvalue weighted by Gasteiger charge is 2.02. The largest absolute Gasteiger partial charge is 0.338 e. The van der Waals surface area contributed by atoms with Crippen molar-refractivity contribution in [3.05, 3.63) is 65.2 Å². The van der Waals surface area contributed by atoms with Crippen molar-refractivity contribution < 1.29 is 4.79 Å². The van der Waals surface area contributed by atoms with Gasteiger partial charge >= 0.3 is 6.03 Å². The van der Waals surface area contributed by atoms with Crippen molar-refractivity contribution in [3.8, 4) is 6.07 Å². The van der Waals surface area contributed by atoms with Gasteiger partial charge in [-0.05, 0) is 48.7 Å². The zero-order chi connectivity index (χ0) is 15.1. The number of carbonyl (C=O) groups excluding carboxylic acids is 1. The molecular weight excluding hydrogens is 262 g/mol. The average molecular weight is 279 g/mol. The van der Waals surface area contributed by atoms with Crippen molar-refractivity contribution in [2.45, 2.75) is 13.3 Å². The van der Waals surface area contributed by atoms with E-state index >= 15 is 0 Å². The third kappa shape index (κ3) is 4.36. The second-order valence-electron chi connectivity index (χ2n) is 4.75. The number of aryl methyl sites for hydroxylation is 1. The van der Waals surface area contributed by atoms with E-state index in [1.54, 1.807) is 24.3 Å². The first kappa shape index (κ1) is 14.6. The molecule has 4 nitrogen and oxygen atoms in total. The van der Waals surface area contributed by atoms with Crippen LogP contribution >= 0.6 is 0 Å². The van der Waals surface area contributed by atoms with Crippen LogP contribution in [0.5, 0.6) is 0 Å². The number of hydrogen-bond acceptors (Lipinski definition) is 2. The molecule has 2 rings (SSSR count). The first-order chi connectivity index (χ1) is 10.2. The molecule has 2 amide bonds. The van der Waals surface area contributed by atoms with Crippen LogP contribution in [0, 0.1) is 18.3 Å². The summed E-state index contributed by atoms with van der Waals surface area (Å²) in [6.45, 7) is 2.64. The van der Waals surface area contributed by atoms with Gasteiger partial charge in [-0.2, -0.15) is 5.26 Å². The highest BCUT2D eigenvalue weighted by molar-refractivity contribution is 5.89. The second kappa shape index (κ2) is 7.11. The number of rotatable bonds is 4. The van der Waals surface area contributed by atoms with Crippen LogP contribution < -0.4 is 10.6 Å². The smallest absolute Gasteiger partial charge is 0.319 e. The summed E-state index contributed by atoms with van der Waals surface area (Å²) in [6, 6.07) is 16.7. The molecule has 106 valence electrons. The van der Waals surface area contributed by atoms with Crippen molar-refractivity contribution in [2.75, 3.05) is 11.9 Å². The molecule has 0 radical (unpaired) electrons. The van der Waals surface area contributed by atoms with Crippen LogP contribution in [0.4, 0.5) is 10.5 Å². The quantitative estimate of drug-likeness (QED) is 0.902. The van der Waals surface area contributed by atoms with Gasteiger partial charge in [0.15, 0.2) is 0 Å². The van der Waals surface area contributed by atoms with Crippen molar-refractivity contribution >= 4 is 11.7 Å². The van der Waals surface area contributed by atoms with E-state index < -0.39 is 0 Å². The van der Waals surface area contributed by atoms with Crippen LogP contribution in [-0.4, -0.2) is 12.6 Å². The van der Waals surface area contributed by atoms with Gasteiger partial charge < -0.3 is 10.6 Å². The molecule has 0 saturated heterocycles. The summed E-state index contributed by atoms with van der Waals surface area (Å²) in [5, 5.41) is 14.3. The maximum Gasteiger partial charge on any atom is 0.319 e. The Kier molecular flexibility index (Phi) is 4.94. The lowest BCUT2D eigenvalue weighted by Crippen LogP contribution is -2.30. The van der Waals surface area contributed by atoms with Crippen molar-refractivity contribution in [3.63, 3.8) is 0 Å². The first-order valence-electron chi connectivity index (χ1n) is 6.78. The molecule has 0 fully saturated rings. The van der Waals surface area contributed by atoms with Gasteiger partial charge in [-0.3, -0.25) is 0 Å². The molecule has 4 heteroatoms. The molecule has 0 aliphatic heterocycles. The van der Waals surface area contributed by atoms with Crippen LogP contribution in [-0.2, 0) is 6.42 Å². The highest BCUT2D eigenvalue weighted by atomic mass is 16.2. The molecule has 0 heterocycles. The zero-order valence-corrected chi connectivity index (χ0v) is 11.9. The molecular formula is C17H17N3O. The fourth-order valence-electron chi connectivity index (χ4n) is 2.00. The topological polar surface area (TPSA) is 64.9 Å². The Morgan fingerprint density at radius 2 is 1.86 bits per heavy atom. The highest BCUT2D eigenvalue weighted by Crippen LogP contribution is 2.09. The van der Waals surface area contributed by atoms with E-state index in [-0.39, 0.29) is 6.03 Å². The van der Waals surface area contributed by atoms with Crippen LogP contribution in [0.1, 0.15) is 16.7 Å². The van der Waals surface area contributed by atoms with Gasteiger partial charge in [0.25, 0.3) is 0 Å². The Morgan fingerprint density at radius 3 is 2.52 bits per heavy atom. The predicted molar refractivity (Wildman–Crippen MR) is 83.1 cm³/mol. The number of benzene rings is 2. The fraction of sp³-hybridized carbons (Fsp3) is 0.176. The number of anilines is 1. The molecule has 0 saturated carbocycles. The van der Waals surface area contributed by atoms with Crippen LogP contribution in [0.15, 0.2) is 48.5 Å². The third-order valence-electron chi connectivity index (χ3n) is 3.21. The van der Waals surface area contributed by atoms with Crippen molar-refractivity contribution in [1.29, 1.82) is 5.26 Å². The summed E-state index contributed by atoms with van der Waals surface area (Å²) in [4.78, 5) is 11.8. The number of nitriles is 1. The Morgan fingerprint density at radius 1 is 1.14 bits per heavy atom. The summed E-state index contributed by atoms with van der Waals surface area (Å²) < 4.78 is 0. The molecule has 2 aromatic rings. The number of urea groups is 1. The van der Waals surface area contributed by atoms with E-state index in [0.717, 1.165) is 6.42 Å². The summed E-state index contributed by atoms with van der Waals surface area (Å²) >= 11 is 0. The summed E-state index contributed by atoms with van der Waals surface area (Å²) in [5.74, 6) is 0. The number of nitrogens with one attached hydrogen (secondary N) is 2. The molecule has 0 spiro atoms. The number of hydrogen-bond donors (Lipinski definition) is 2. The van der Waals surface area contributed by atoms with Crippen molar-refractivity contribution in [2.24, 2.45) is 0 Å². The van der Waals surface area contributed by atoms with E-state index in [4.69, 9.17) is 5.26 Å². The van der Waals surface area contributed by atoms with E-state index in [1.165, 1.54) is 11.1 Å². The van der Waals surface area contributed by atoms with Gasteiger partial charge in [0, 0.05) is 12.2 Å². The minimum atomic E-state index is -0.242. The Labute approximate surface area is 124 Å². The van der Waals surface area contributed by atoms with Gasteiger partial charge in [0.05, 0.1) is 11.6 Å².